The highest BCUT2D eigenvalue weighted by molar-refractivity contribution is 6.74. The van der Waals surface area contributed by atoms with E-state index in [0.29, 0.717) is 52.6 Å². The first-order chi connectivity index (χ1) is 40.1. The van der Waals surface area contributed by atoms with E-state index in [9.17, 15) is 28.4 Å². The van der Waals surface area contributed by atoms with Gasteiger partial charge in [0.05, 0.1) is 74.8 Å². The lowest BCUT2D eigenvalue weighted by molar-refractivity contribution is 0.0589. The number of aromatic nitrogens is 2. The maximum atomic E-state index is 15.4. The molecule has 0 aliphatic heterocycles. The molecule has 0 spiro atoms. The molecule has 0 saturated heterocycles. The van der Waals surface area contributed by atoms with Crippen LogP contribution in [0.4, 0.5) is 25.0 Å². The summed E-state index contributed by atoms with van der Waals surface area (Å²) >= 11 is 12.3. The summed E-state index contributed by atoms with van der Waals surface area (Å²) in [5.41, 5.74) is 6.99. The van der Waals surface area contributed by atoms with E-state index in [1.165, 1.54) is 58.9 Å². The highest BCUT2D eigenvalue weighted by Gasteiger charge is 2.40. The van der Waals surface area contributed by atoms with Crippen LogP contribution in [0.5, 0.6) is 11.5 Å². The van der Waals surface area contributed by atoms with Gasteiger partial charge in [0.25, 0.3) is 0 Å². The van der Waals surface area contributed by atoms with E-state index in [1.807, 2.05) is 9.13 Å². The second kappa shape index (κ2) is 28.0. The number of anilines is 2. The molecule has 16 nitrogen and oxygen atoms in total. The standard InChI is InChI=1S/C35H48ClFN2O7Si.C30H40ClFN2O5Si/c1-20(2)28(19-45-47(11,12)35(6,7)8)39-18-25(32(41)44-10)31(40)24-15-21(29(43-9)17-27(24)39)13-22-14-23(16-26(36)30(22)37)38-33(42)46-34(3,4)5;1-17(2)25(16-39-40(8,9)30(3,4)5)34-15-22(29(36)38-7)28(35)21-12-18(26(37-6)14-24(21)34)10-19-11-20(33)13-23(31)27(19)32/h14-18,20,28H,13,19H2,1-12H3,(H,38,42);11-15,17,25H,10,16,33H2,1-9H3/t28-;25-/m11/s1. The van der Waals surface area contributed by atoms with Gasteiger partial charge in [0.15, 0.2) is 16.6 Å². The van der Waals surface area contributed by atoms with Gasteiger partial charge in [0, 0.05) is 59.5 Å². The van der Waals surface area contributed by atoms with Crippen LogP contribution < -0.4 is 31.4 Å². The summed E-state index contributed by atoms with van der Waals surface area (Å²) in [5.74, 6) is -1.79. The summed E-state index contributed by atoms with van der Waals surface area (Å²) in [6.45, 7) is 35.9. The van der Waals surface area contributed by atoms with Crippen LogP contribution in [0.25, 0.3) is 21.8 Å². The van der Waals surface area contributed by atoms with Gasteiger partial charge >= 0.3 is 18.0 Å². The van der Waals surface area contributed by atoms with Crippen LogP contribution >= 0.6 is 23.2 Å². The molecule has 0 aliphatic rings. The van der Waals surface area contributed by atoms with E-state index < -0.39 is 62.8 Å². The number of fused-ring (bicyclic) bond motifs is 2. The lowest BCUT2D eigenvalue weighted by Gasteiger charge is -2.38. The first-order valence-electron chi connectivity index (χ1n) is 28.8. The Morgan fingerprint density at radius 1 is 0.586 bits per heavy atom. The Hall–Kier alpha value is -6.30. The molecule has 2 aromatic heterocycles. The Morgan fingerprint density at radius 2 is 0.966 bits per heavy atom. The Morgan fingerprint density at radius 3 is 1.31 bits per heavy atom. The normalized spacial score (nSPS) is 13.1. The van der Waals surface area contributed by atoms with Crippen LogP contribution in [0.3, 0.4) is 0 Å². The molecular weight excluding hydrogens is 1190 g/mol. The fourth-order valence-corrected chi connectivity index (χ4v) is 11.8. The average molecular weight is 1280 g/mol. The van der Waals surface area contributed by atoms with Crippen molar-refractivity contribution >= 4 is 91.0 Å². The number of nitrogen functional groups attached to an aromatic ring is 1. The highest BCUT2D eigenvalue weighted by atomic mass is 35.5. The molecule has 4 aromatic carbocycles. The lowest BCUT2D eigenvalue weighted by Crippen LogP contribution is -2.42. The Labute approximate surface area is 522 Å². The number of benzene rings is 4. The minimum Gasteiger partial charge on any atom is -0.496 e. The van der Waals surface area contributed by atoms with Crippen molar-refractivity contribution in [3.63, 3.8) is 0 Å². The van der Waals surface area contributed by atoms with Gasteiger partial charge in [-0.15, -0.1) is 0 Å². The minimum atomic E-state index is -2.15. The number of hydrogen-bond acceptors (Lipinski definition) is 13. The molecule has 2 atom stereocenters. The molecule has 0 aliphatic carbocycles. The van der Waals surface area contributed by atoms with Gasteiger partial charge in [-0.3, -0.25) is 14.9 Å². The number of ether oxygens (including phenoxy) is 5. The van der Waals surface area contributed by atoms with Crippen molar-refractivity contribution in [1.29, 1.82) is 0 Å². The topological polar surface area (TPSA) is 198 Å². The smallest absolute Gasteiger partial charge is 0.412 e. The number of rotatable bonds is 19. The highest BCUT2D eigenvalue weighted by Crippen LogP contribution is 2.41. The summed E-state index contributed by atoms with van der Waals surface area (Å²) in [5, 5.41) is 2.80. The van der Waals surface area contributed by atoms with E-state index >= 15 is 4.39 Å². The number of carbonyl (C=O) groups is 3. The number of nitrogens with zero attached hydrogens (tertiary/aromatic N) is 2. The Balaban J connectivity index is 0.000000321. The number of nitrogens with one attached hydrogen (secondary N) is 1. The summed E-state index contributed by atoms with van der Waals surface area (Å²) in [6.07, 6.45) is 2.38. The zero-order valence-corrected chi connectivity index (χ0v) is 57.8. The predicted octanol–water partition coefficient (Wildman–Crippen LogP) is 15.7. The van der Waals surface area contributed by atoms with Gasteiger partial charge in [-0.25, -0.2) is 23.2 Å². The second-order valence-electron chi connectivity index (χ2n) is 26.6. The summed E-state index contributed by atoms with van der Waals surface area (Å²) < 4.78 is 74.0. The molecule has 0 bridgehead atoms. The third-order valence-corrected chi connectivity index (χ3v) is 26.0. The zero-order valence-electron chi connectivity index (χ0n) is 54.3. The molecule has 3 N–H and O–H groups in total. The fourth-order valence-electron chi connectivity index (χ4n) is 9.24. The van der Waals surface area contributed by atoms with Gasteiger partial charge in [-0.05, 0) is 128 Å². The number of hydrogen-bond donors (Lipinski definition) is 2. The first kappa shape index (κ1) is 71.5. The molecule has 22 heteroatoms. The van der Waals surface area contributed by atoms with Crippen LogP contribution in [0.2, 0.25) is 46.3 Å². The van der Waals surface area contributed by atoms with Gasteiger partial charge in [-0.2, -0.15) is 0 Å². The predicted molar refractivity (Wildman–Crippen MR) is 349 cm³/mol. The number of halogens is 4. The van der Waals surface area contributed by atoms with Crippen molar-refractivity contribution in [3.8, 4) is 11.5 Å². The van der Waals surface area contributed by atoms with Gasteiger partial charge in [0.1, 0.15) is 39.9 Å². The monoisotopic (exact) mass is 1280 g/mol. The molecule has 0 saturated carbocycles. The molecule has 87 heavy (non-hydrogen) atoms. The van der Waals surface area contributed by atoms with E-state index in [-0.39, 0.29) is 95.6 Å². The molecule has 6 rings (SSSR count). The number of esters is 2. The van der Waals surface area contributed by atoms with Crippen molar-refractivity contribution in [1.82, 2.24) is 9.13 Å². The van der Waals surface area contributed by atoms with Crippen molar-refractivity contribution < 1.29 is 55.7 Å². The third kappa shape index (κ3) is 16.9. The number of nitrogens with two attached hydrogens (primary N) is 1. The van der Waals surface area contributed by atoms with Crippen LogP contribution in [0.15, 0.2) is 70.5 Å². The summed E-state index contributed by atoms with van der Waals surface area (Å²) in [4.78, 5) is 65.4. The SMILES string of the molecule is COC(=O)c1cn([C@H](CO[Si](C)(C)C(C)(C)C)C(C)C)c2cc(OC)c(Cc3cc(N)cc(Cl)c3F)cc2c1=O.COC(=O)c1cn([C@H](CO[Si](C)(C)C(C)(C)C)C(C)C)c2cc(OC)c(Cc3cc(NC(=O)OC(C)(C)C)cc(Cl)c3F)cc2c1=O. The van der Waals surface area contributed by atoms with E-state index in [4.69, 9.17) is 61.5 Å². The maximum Gasteiger partial charge on any atom is 0.412 e. The summed E-state index contributed by atoms with van der Waals surface area (Å²) in [7, 11) is 1.22. The zero-order chi connectivity index (χ0) is 65.8. The van der Waals surface area contributed by atoms with E-state index in [2.05, 4.69) is 101 Å². The molecule has 1 amide bonds. The molecule has 0 unspecified atom stereocenters. The van der Waals surface area contributed by atoms with Crippen molar-refractivity contribution in [2.75, 3.05) is 52.7 Å². The molecular formula is C65H88Cl2F2N4O12Si2. The number of pyridine rings is 2. The van der Waals surface area contributed by atoms with Crippen LogP contribution in [-0.2, 0) is 35.9 Å². The molecule has 6 aromatic rings. The second-order valence-corrected chi connectivity index (χ2v) is 37.0. The average Bonchev–Trinajstić information content (AvgIpc) is 0.900. The number of amides is 1. The first-order valence-corrected chi connectivity index (χ1v) is 35.4. The molecule has 476 valence electrons. The van der Waals surface area contributed by atoms with E-state index in [1.54, 1.807) is 51.2 Å². The molecule has 2 heterocycles. The van der Waals surface area contributed by atoms with Crippen molar-refractivity contribution in [3.05, 3.63) is 136 Å². The summed E-state index contributed by atoms with van der Waals surface area (Å²) in [6, 6.07) is 11.8. The van der Waals surface area contributed by atoms with Gasteiger partial charge < -0.3 is 47.4 Å². The van der Waals surface area contributed by atoms with E-state index in [0.717, 1.165) is 0 Å². The fraction of sp³-hybridized carbons (Fsp3) is 0.492. The van der Waals surface area contributed by atoms with Crippen LogP contribution in [0, 0.1) is 23.5 Å². The third-order valence-electron chi connectivity index (χ3n) is 16.4. The van der Waals surface area contributed by atoms with Crippen molar-refractivity contribution in [2.45, 2.75) is 157 Å². The maximum absolute atomic E-state index is 15.4. The number of carbonyl (C=O) groups excluding carboxylic acids is 3. The van der Waals surface area contributed by atoms with Crippen molar-refractivity contribution in [2.24, 2.45) is 11.8 Å². The Bertz CT molecular complexity index is 3660. The lowest BCUT2D eigenvalue weighted by atomic mass is 9.98. The largest absolute Gasteiger partial charge is 0.496 e. The number of methoxy groups -OCH3 is 4. The minimum absolute atomic E-state index is 0.00837. The quantitative estimate of drug-likeness (QED) is 0.0336. The molecule has 0 fully saturated rings. The van der Waals surface area contributed by atoms with Gasteiger partial charge in [0.2, 0.25) is 10.9 Å². The Kier molecular flexibility index (Phi) is 23.0. The molecule has 0 radical (unpaired) electrons. The van der Waals surface area contributed by atoms with Crippen LogP contribution in [0.1, 0.15) is 145 Å². The van der Waals surface area contributed by atoms with Gasteiger partial charge in [-0.1, -0.05) is 92.4 Å². The van der Waals surface area contributed by atoms with Crippen LogP contribution in [-0.4, -0.2) is 91.1 Å².